The van der Waals surface area contributed by atoms with Crippen LogP contribution in [0.3, 0.4) is 0 Å². The first-order valence-corrected chi connectivity index (χ1v) is 28.9. The van der Waals surface area contributed by atoms with Crippen molar-refractivity contribution in [3.63, 3.8) is 0 Å². The SMILES string of the molecule is C1OC1Cc1nc(CC2CO2)nc(CC2CO2)n1.O=c1n(CC2CO2)c(=O)n(CC2CO2)c(=O)n1CC1CO1.c1cc(C(c2ccc(CC3CO3)cc2)C(c2ccc(CC3CO3)cc2)c2ccc(CC3CO3)cc2)ccc1CC1CO1. The zero-order valence-electron chi connectivity index (χ0n) is 45.3. The maximum absolute atomic E-state index is 12.4. The molecule has 4 aromatic carbocycles. The predicted octanol–water partition coefficient (Wildman–Crippen LogP) is 3.48. The zero-order valence-corrected chi connectivity index (χ0v) is 45.3. The van der Waals surface area contributed by atoms with E-state index in [0.29, 0.717) is 62.5 Å². The smallest absolute Gasteiger partial charge is 0.336 e. The van der Waals surface area contributed by atoms with Gasteiger partial charge in [-0.05, 0) is 44.5 Å². The molecular weight excluding hydrogens is 1040 g/mol. The van der Waals surface area contributed by atoms with Crippen LogP contribution in [0.4, 0.5) is 0 Å². The summed E-state index contributed by atoms with van der Waals surface area (Å²) in [4.78, 5) is 50.6. The molecule has 6 aromatic rings. The van der Waals surface area contributed by atoms with Crippen molar-refractivity contribution in [2.75, 3.05) is 66.1 Å². The van der Waals surface area contributed by atoms with Gasteiger partial charge in [-0.25, -0.2) is 43.0 Å². The fourth-order valence-electron chi connectivity index (χ4n) is 10.6. The number of nitrogens with zero attached hydrogens (tertiary/aromatic N) is 6. The van der Waals surface area contributed by atoms with E-state index in [1.54, 1.807) is 0 Å². The van der Waals surface area contributed by atoms with Gasteiger partial charge in [0.15, 0.2) is 0 Å². The zero-order chi connectivity index (χ0) is 54.4. The number of epoxide rings is 10. The van der Waals surface area contributed by atoms with Gasteiger partial charge in [0, 0.05) is 56.8 Å². The van der Waals surface area contributed by atoms with E-state index < -0.39 is 17.1 Å². The van der Waals surface area contributed by atoms with Crippen molar-refractivity contribution in [3.05, 3.63) is 190 Å². The summed E-state index contributed by atoms with van der Waals surface area (Å²) >= 11 is 0. The van der Waals surface area contributed by atoms with Crippen LogP contribution < -0.4 is 17.1 Å². The third kappa shape index (κ3) is 14.9. The van der Waals surface area contributed by atoms with Gasteiger partial charge in [0.1, 0.15) is 17.5 Å². The maximum atomic E-state index is 12.4. The molecule has 424 valence electrons. The van der Waals surface area contributed by atoms with E-state index in [1.165, 1.54) is 44.5 Å². The number of rotatable bonds is 25. The van der Waals surface area contributed by atoms with Crippen LogP contribution in [-0.4, -0.2) is 156 Å². The molecule has 0 N–H and O–H groups in total. The van der Waals surface area contributed by atoms with Crippen LogP contribution in [0.1, 0.15) is 73.8 Å². The van der Waals surface area contributed by atoms with E-state index in [4.69, 9.17) is 47.4 Å². The lowest BCUT2D eigenvalue weighted by molar-refractivity contribution is 0.327. The lowest BCUT2D eigenvalue weighted by Crippen LogP contribution is -2.55. The molecule has 0 radical (unpaired) electrons. The number of aromatic nitrogens is 6. The van der Waals surface area contributed by atoms with Gasteiger partial charge in [-0.15, -0.1) is 0 Å². The molecule has 19 heteroatoms. The molecule has 10 saturated heterocycles. The highest BCUT2D eigenvalue weighted by Crippen LogP contribution is 2.44. The van der Waals surface area contributed by atoms with Crippen molar-refractivity contribution in [2.45, 2.75) is 137 Å². The van der Waals surface area contributed by atoms with Crippen LogP contribution in [0.2, 0.25) is 0 Å². The third-order valence-electron chi connectivity index (χ3n) is 16.1. The Kier molecular flexibility index (Phi) is 15.2. The van der Waals surface area contributed by atoms with Gasteiger partial charge >= 0.3 is 17.1 Å². The van der Waals surface area contributed by atoms with Gasteiger partial charge in [-0.2, -0.15) is 0 Å². The van der Waals surface area contributed by atoms with E-state index in [1.807, 2.05) is 0 Å². The molecule has 16 rings (SSSR count). The highest BCUT2D eigenvalue weighted by molar-refractivity contribution is 5.47. The van der Waals surface area contributed by atoms with Crippen LogP contribution in [0, 0.1) is 0 Å². The Morgan fingerprint density at radius 1 is 0.296 bits per heavy atom. The second kappa shape index (κ2) is 23.3. The molecule has 19 nitrogen and oxygen atoms in total. The van der Waals surface area contributed by atoms with E-state index >= 15 is 0 Å². The maximum Gasteiger partial charge on any atom is 0.336 e. The Hall–Kier alpha value is -6.10. The molecule has 2 aromatic heterocycles. The van der Waals surface area contributed by atoms with Gasteiger partial charge in [0.25, 0.3) is 0 Å². The minimum atomic E-state index is -0.594. The van der Waals surface area contributed by atoms with E-state index in [9.17, 15) is 14.4 Å². The summed E-state index contributed by atoms with van der Waals surface area (Å²) < 4.78 is 56.2. The lowest BCUT2D eigenvalue weighted by Gasteiger charge is -2.30. The Bertz CT molecular complexity index is 2890. The topological polar surface area (TPSA) is 230 Å². The summed E-state index contributed by atoms with van der Waals surface area (Å²) in [6.45, 7) is 8.14. The van der Waals surface area contributed by atoms with Crippen LogP contribution in [0.5, 0.6) is 0 Å². The van der Waals surface area contributed by atoms with Crippen molar-refractivity contribution >= 4 is 0 Å². The highest BCUT2D eigenvalue weighted by atomic mass is 16.6. The first kappa shape index (κ1) is 52.9. The fraction of sp³-hybridized carbons (Fsp3) is 0.516. The molecule has 81 heavy (non-hydrogen) atoms. The molecule has 10 atom stereocenters. The van der Waals surface area contributed by atoms with Gasteiger partial charge in [-0.3, -0.25) is 0 Å². The first-order valence-electron chi connectivity index (χ1n) is 28.9. The lowest BCUT2D eigenvalue weighted by atomic mass is 9.73. The molecule has 0 spiro atoms. The van der Waals surface area contributed by atoms with E-state index in [-0.39, 0.29) is 49.8 Å². The average molecular weight is 1110 g/mol. The molecule has 10 unspecified atom stereocenters. The predicted molar refractivity (Wildman–Crippen MR) is 292 cm³/mol. The quantitative estimate of drug-likeness (QED) is 0.0748. The van der Waals surface area contributed by atoms with Crippen molar-refractivity contribution in [1.82, 2.24) is 28.7 Å². The van der Waals surface area contributed by atoms with Crippen molar-refractivity contribution in [2.24, 2.45) is 0 Å². The molecular formula is C62H68N6O13. The average Bonchev–Trinajstić information content (AvgIpc) is 4.30. The summed E-state index contributed by atoms with van der Waals surface area (Å²) in [5, 5.41) is 0. The molecule has 0 saturated carbocycles. The van der Waals surface area contributed by atoms with Crippen LogP contribution in [0.15, 0.2) is 111 Å². The summed E-state index contributed by atoms with van der Waals surface area (Å²) in [5.74, 6) is 2.87. The molecule has 0 aliphatic carbocycles. The minimum absolute atomic E-state index is 0.121. The van der Waals surface area contributed by atoms with Gasteiger partial charge in [-0.1, -0.05) is 97.1 Å². The largest absolute Gasteiger partial charge is 0.373 e. The Labute approximate surface area is 468 Å². The number of hydrogen-bond acceptors (Lipinski definition) is 16. The molecule has 12 heterocycles. The van der Waals surface area contributed by atoms with Crippen LogP contribution in [0.25, 0.3) is 0 Å². The van der Waals surface area contributed by atoms with Gasteiger partial charge in [0.2, 0.25) is 0 Å². The molecule has 10 aliphatic rings. The Balaban J connectivity index is 0.000000125. The third-order valence-corrected chi connectivity index (χ3v) is 16.1. The van der Waals surface area contributed by atoms with Gasteiger partial charge in [0.05, 0.1) is 147 Å². The molecule has 0 bridgehead atoms. The van der Waals surface area contributed by atoms with Crippen molar-refractivity contribution in [3.8, 4) is 0 Å². The minimum Gasteiger partial charge on any atom is -0.373 e. The Morgan fingerprint density at radius 3 is 0.667 bits per heavy atom. The summed E-state index contributed by atoms with van der Waals surface area (Å²) in [6, 6.07) is 37.2. The first-order chi connectivity index (χ1) is 39.7. The molecule has 10 fully saturated rings. The molecule has 10 aliphatic heterocycles. The van der Waals surface area contributed by atoms with Gasteiger partial charge < -0.3 is 47.4 Å². The number of ether oxygens (including phenoxy) is 10. The Morgan fingerprint density at radius 2 is 0.481 bits per heavy atom. The van der Waals surface area contributed by atoms with Crippen LogP contribution >= 0.6 is 0 Å². The van der Waals surface area contributed by atoms with Crippen molar-refractivity contribution < 1.29 is 47.4 Å². The van der Waals surface area contributed by atoms with E-state index in [2.05, 4.69) is 112 Å². The van der Waals surface area contributed by atoms with E-state index in [0.717, 1.165) is 122 Å². The second-order valence-electron chi connectivity index (χ2n) is 23.2. The monoisotopic (exact) mass is 1100 g/mol. The summed E-state index contributed by atoms with van der Waals surface area (Å²) in [5.41, 5.74) is 8.94. The standard InChI is InChI=1S/C38H38O4.C12H15N3O6.C12H15N3O3/c1-9-29(10-2-25(1)17-33-21-39-33)37(30-11-3-26(4-12-30)18-34-22-40-34)38(31-13-5-27(6-14-31)19-35-23-41-35)32-15-7-28(8-16-32)20-36-24-42-36;16-10-13(1-7-4-19-7)11(17)15(3-9-6-21-9)12(18)14(10)2-8-5-20-8;1(7-4-16-7)10-13-11(2-8-5-17-8)15-12(14-10)3-9-6-18-9/h1-16,33-38H,17-24H2;7-9H,1-6H2;7-9H,1-6H2. The normalized spacial score (nSPS) is 27.8. The second-order valence-corrected chi connectivity index (χ2v) is 23.2. The van der Waals surface area contributed by atoms with Crippen LogP contribution in [-0.2, 0) is 112 Å². The number of hydrogen-bond donors (Lipinski definition) is 0. The highest BCUT2D eigenvalue weighted by Gasteiger charge is 2.35. The fourth-order valence-corrected chi connectivity index (χ4v) is 10.6. The van der Waals surface area contributed by atoms with Crippen molar-refractivity contribution in [1.29, 1.82) is 0 Å². The summed E-state index contributed by atoms with van der Waals surface area (Å²) in [6.07, 6.45) is 8.46. The number of benzene rings is 4. The summed E-state index contributed by atoms with van der Waals surface area (Å²) in [7, 11) is 0. The molecule has 0 amide bonds.